The molecule has 7 heteroatoms. The van der Waals surface area contributed by atoms with E-state index in [1.807, 2.05) is 24.3 Å². The number of rotatable bonds is 6. The summed E-state index contributed by atoms with van der Waals surface area (Å²) in [6.45, 7) is 0.532. The largest absolute Gasteiger partial charge is 0.496 e. The van der Waals surface area contributed by atoms with E-state index in [1.54, 1.807) is 25.1 Å². The Morgan fingerprint density at radius 1 is 1.16 bits per heavy atom. The lowest BCUT2D eigenvalue weighted by molar-refractivity contribution is 0.0793. The van der Waals surface area contributed by atoms with Crippen molar-refractivity contribution in [2.45, 2.75) is 6.42 Å². The molecule has 2 aromatic rings. The van der Waals surface area contributed by atoms with Gasteiger partial charge in [0.15, 0.2) is 0 Å². The van der Waals surface area contributed by atoms with Crippen molar-refractivity contribution in [3.63, 3.8) is 0 Å². The van der Waals surface area contributed by atoms with Crippen LogP contribution in [0.3, 0.4) is 0 Å². The monoisotopic (exact) mass is 384 g/mol. The van der Waals surface area contributed by atoms with Crippen LogP contribution in [-0.2, 0) is 6.42 Å². The summed E-state index contributed by atoms with van der Waals surface area (Å²) in [7, 11) is 4.87. The van der Waals surface area contributed by atoms with Gasteiger partial charge in [0.25, 0.3) is 5.91 Å². The molecule has 136 valence electrons. The van der Waals surface area contributed by atoms with Gasteiger partial charge in [-0.15, -0.1) is 12.4 Å². The van der Waals surface area contributed by atoms with E-state index in [-0.39, 0.29) is 18.3 Å². The van der Waals surface area contributed by atoms with Gasteiger partial charge in [0, 0.05) is 19.7 Å². The Balaban J connectivity index is 0.00000312. The molecule has 0 spiro atoms. The maximum absolute atomic E-state index is 12.7. The molecular weight excluding hydrogens is 363 g/mol. The fourth-order valence-electron chi connectivity index (χ4n) is 2.41. The fourth-order valence-corrected chi connectivity index (χ4v) is 2.57. The number of hydrogen-bond donors (Lipinski definition) is 1. The van der Waals surface area contributed by atoms with Gasteiger partial charge in [0.2, 0.25) is 0 Å². The molecule has 25 heavy (non-hydrogen) atoms. The summed E-state index contributed by atoms with van der Waals surface area (Å²) in [5.74, 6) is 1.04. The van der Waals surface area contributed by atoms with Crippen molar-refractivity contribution < 1.29 is 14.3 Å². The Labute approximate surface area is 159 Å². The lowest BCUT2D eigenvalue weighted by Crippen LogP contribution is -2.29. The molecule has 0 aliphatic rings. The molecule has 0 unspecified atom stereocenters. The molecule has 0 radical (unpaired) electrons. The van der Waals surface area contributed by atoms with Gasteiger partial charge in [-0.3, -0.25) is 4.79 Å². The van der Waals surface area contributed by atoms with Gasteiger partial charge in [0.05, 0.1) is 30.5 Å². The van der Waals surface area contributed by atoms with Gasteiger partial charge in [-0.25, -0.2) is 0 Å². The first-order valence-electron chi connectivity index (χ1n) is 7.48. The number of carbonyl (C=O) groups is 1. The van der Waals surface area contributed by atoms with Crippen LogP contribution in [0.15, 0.2) is 36.4 Å². The average molecular weight is 385 g/mol. The van der Waals surface area contributed by atoms with Crippen molar-refractivity contribution in [1.29, 1.82) is 0 Å². The van der Waals surface area contributed by atoms with Crippen molar-refractivity contribution in [1.82, 2.24) is 4.90 Å². The first kappa shape index (κ1) is 20.9. The SMILES string of the molecule is COc1ccccc1CCN(C)C(=O)c1cc(Cl)c(N)cc1OC.Cl. The molecule has 0 atom stereocenters. The molecule has 5 nitrogen and oxygen atoms in total. The van der Waals surface area contributed by atoms with E-state index in [0.717, 1.165) is 11.3 Å². The van der Waals surface area contributed by atoms with Crippen LogP contribution in [0.1, 0.15) is 15.9 Å². The zero-order chi connectivity index (χ0) is 17.7. The van der Waals surface area contributed by atoms with E-state index in [9.17, 15) is 4.79 Å². The molecule has 2 aromatic carbocycles. The van der Waals surface area contributed by atoms with E-state index in [0.29, 0.717) is 35.0 Å². The Morgan fingerprint density at radius 2 is 1.80 bits per heavy atom. The van der Waals surface area contributed by atoms with Crippen LogP contribution >= 0.6 is 24.0 Å². The van der Waals surface area contributed by atoms with Crippen molar-refractivity contribution in [3.8, 4) is 11.5 Å². The molecule has 0 bridgehead atoms. The van der Waals surface area contributed by atoms with Crippen LogP contribution in [0.5, 0.6) is 11.5 Å². The van der Waals surface area contributed by atoms with Gasteiger partial charge >= 0.3 is 0 Å². The quantitative estimate of drug-likeness (QED) is 0.771. The van der Waals surface area contributed by atoms with Gasteiger partial charge < -0.3 is 20.1 Å². The fraction of sp³-hybridized carbons (Fsp3) is 0.278. The highest BCUT2D eigenvalue weighted by molar-refractivity contribution is 6.33. The summed E-state index contributed by atoms with van der Waals surface area (Å²) in [5, 5.41) is 0.331. The molecule has 0 saturated carbocycles. The highest BCUT2D eigenvalue weighted by atomic mass is 35.5. The summed E-state index contributed by atoms with van der Waals surface area (Å²) < 4.78 is 10.6. The van der Waals surface area contributed by atoms with E-state index < -0.39 is 0 Å². The zero-order valence-corrected chi connectivity index (χ0v) is 16.0. The number of likely N-dealkylation sites (N-methyl/N-ethyl adjacent to an activating group) is 1. The van der Waals surface area contributed by atoms with Crippen LogP contribution in [0.4, 0.5) is 5.69 Å². The number of amides is 1. The molecule has 0 aliphatic heterocycles. The first-order chi connectivity index (χ1) is 11.5. The molecular formula is C18H22Cl2N2O3. The molecule has 2 rings (SSSR count). The Kier molecular flexibility index (Phi) is 7.87. The third-order valence-corrected chi connectivity index (χ3v) is 4.13. The maximum atomic E-state index is 12.7. The predicted octanol–water partition coefficient (Wildman–Crippen LogP) is 3.68. The second-order valence-corrected chi connectivity index (χ2v) is 5.77. The summed E-state index contributed by atoms with van der Waals surface area (Å²) in [6.07, 6.45) is 0.678. The third kappa shape index (κ3) is 4.94. The lowest BCUT2D eigenvalue weighted by atomic mass is 10.1. The lowest BCUT2D eigenvalue weighted by Gasteiger charge is -2.20. The third-order valence-electron chi connectivity index (χ3n) is 3.80. The van der Waals surface area contributed by atoms with Crippen LogP contribution in [-0.4, -0.2) is 38.6 Å². The molecule has 0 aromatic heterocycles. The standard InChI is InChI=1S/C18H21ClN2O3.ClH/c1-21(9-8-12-6-4-5-7-16(12)23-2)18(22)13-10-14(19)15(20)11-17(13)24-3;/h4-7,10-11H,8-9,20H2,1-3H3;1H. The number of nitrogens with two attached hydrogens (primary N) is 1. The normalized spacial score (nSPS) is 9.92. The second kappa shape index (κ2) is 9.39. The second-order valence-electron chi connectivity index (χ2n) is 5.36. The number of anilines is 1. The molecule has 1 amide bonds. The average Bonchev–Trinajstić information content (AvgIpc) is 2.61. The van der Waals surface area contributed by atoms with E-state index in [2.05, 4.69) is 0 Å². The maximum Gasteiger partial charge on any atom is 0.257 e. The Hall–Kier alpha value is -2.11. The minimum atomic E-state index is -0.177. The number of hydrogen-bond acceptors (Lipinski definition) is 4. The highest BCUT2D eigenvalue weighted by Gasteiger charge is 2.19. The number of carbonyl (C=O) groups excluding carboxylic acids is 1. The number of benzene rings is 2. The minimum Gasteiger partial charge on any atom is -0.496 e. The van der Waals surface area contributed by atoms with Crippen LogP contribution in [0.25, 0.3) is 0 Å². The number of para-hydroxylation sites is 1. The number of ether oxygens (including phenoxy) is 2. The molecule has 0 aliphatic carbocycles. The first-order valence-corrected chi connectivity index (χ1v) is 7.86. The van der Waals surface area contributed by atoms with Gasteiger partial charge in [-0.05, 0) is 24.1 Å². The van der Waals surface area contributed by atoms with Crippen LogP contribution in [0.2, 0.25) is 5.02 Å². The van der Waals surface area contributed by atoms with Crippen LogP contribution < -0.4 is 15.2 Å². The van der Waals surface area contributed by atoms with E-state index in [1.165, 1.54) is 13.2 Å². The number of halogens is 2. The predicted molar refractivity (Wildman–Crippen MR) is 103 cm³/mol. The summed E-state index contributed by atoms with van der Waals surface area (Å²) in [5.41, 5.74) is 7.57. The number of nitrogens with zero attached hydrogens (tertiary/aromatic N) is 1. The topological polar surface area (TPSA) is 64.8 Å². The molecule has 2 N–H and O–H groups in total. The van der Waals surface area contributed by atoms with Gasteiger partial charge in [0.1, 0.15) is 11.5 Å². The summed E-state index contributed by atoms with van der Waals surface area (Å²) in [6, 6.07) is 10.8. The number of methoxy groups -OCH3 is 2. The number of nitrogen functional groups attached to an aromatic ring is 1. The molecule has 0 saturated heterocycles. The Bertz CT molecular complexity index is 738. The molecule has 0 fully saturated rings. The Morgan fingerprint density at radius 3 is 2.44 bits per heavy atom. The van der Waals surface area contributed by atoms with E-state index >= 15 is 0 Å². The molecule has 0 heterocycles. The summed E-state index contributed by atoms with van der Waals surface area (Å²) in [4.78, 5) is 14.3. The zero-order valence-electron chi connectivity index (χ0n) is 14.4. The van der Waals surface area contributed by atoms with Crippen LogP contribution in [0, 0.1) is 0 Å². The van der Waals surface area contributed by atoms with Gasteiger partial charge in [-0.1, -0.05) is 29.8 Å². The van der Waals surface area contributed by atoms with Crippen molar-refractivity contribution in [2.24, 2.45) is 0 Å². The minimum absolute atomic E-state index is 0. The van der Waals surface area contributed by atoms with Crippen molar-refractivity contribution >= 4 is 35.6 Å². The van der Waals surface area contributed by atoms with Gasteiger partial charge in [-0.2, -0.15) is 0 Å². The smallest absolute Gasteiger partial charge is 0.257 e. The highest BCUT2D eigenvalue weighted by Crippen LogP contribution is 2.29. The van der Waals surface area contributed by atoms with Crippen molar-refractivity contribution in [3.05, 3.63) is 52.5 Å². The van der Waals surface area contributed by atoms with Crippen molar-refractivity contribution in [2.75, 3.05) is 33.5 Å². The van der Waals surface area contributed by atoms with E-state index in [4.69, 9.17) is 26.8 Å². The summed E-state index contributed by atoms with van der Waals surface area (Å²) >= 11 is 6.04.